The van der Waals surface area contributed by atoms with Crippen LogP contribution in [0.15, 0.2) is 72.9 Å². The van der Waals surface area contributed by atoms with E-state index >= 15 is 0 Å². The molecule has 2 atom stereocenters. The Morgan fingerprint density at radius 1 is 0.877 bits per heavy atom. The van der Waals surface area contributed by atoms with Gasteiger partial charge in [0.1, 0.15) is 18.4 Å². The number of carbonyl (C=O) groups is 5. The van der Waals surface area contributed by atoms with Crippen molar-refractivity contribution in [2.45, 2.75) is 89.1 Å². The third kappa shape index (κ3) is 11.2. The van der Waals surface area contributed by atoms with Crippen molar-refractivity contribution in [1.82, 2.24) is 30.0 Å². The molecule has 16 nitrogen and oxygen atoms in total. The van der Waals surface area contributed by atoms with E-state index in [1.165, 1.54) is 32.4 Å². The minimum Gasteiger partial charge on any atom is -0.487 e. The highest BCUT2D eigenvalue weighted by atomic mass is 35.5. The number of carboxylic acid groups (broad SMARTS) is 1. The first-order chi connectivity index (χ1) is 34.8. The van der Waals surface area contributed by atoms with Crippen LogP contribution in [0.3, 0.4) is 0 Å². The number of ether oxygens (including phenoxy) is 1. The van der Waals surface area contributed by atoms with E-state index in [1.807, 2.05) is 48.7 Å². The lowest BCUT2D eigenvalue weighted by atomic mass is 9.60. The van der Waals surface area contributed by atoms with Crippen molar-refractivity contribution in [3.05, 3.63) is 111 Å². The van der Waals surface area contributed by atoms with Crippen LogP contribution >= 0.6 is 11.6 Å². The summed E-state index contributed by atoms with van der Waals surface area (Å²) in [5.41, 5.74) is 5.08. The van der Waals surface area contributed by atoms with E-state index in [1.54, 1.807) is 12.1 Å². The van der Waals surface area contributed by atoms with E-state index in [4.69, 9.17) is 31.2 Å². The molecule has 0 bridgehead atoms. The van der Waals surface area contributed by atoms with Crippen LogP contribution in [-0.4, -0.2) is 137 Å². The van der Waals surface area contributed by atoms with Crippen molar-refractivity contribution < 1.29 is 47.0 Å². The molecule has 384 valence electrons. The highest BCUT2D eigenvalue weighted by Crippen LogP contribution is 2.52. The zero-order chi connectivity index (χ0) is 51.8. The van der Waals surface area contributed by atoms with Gasteiger partial charge in [0.25, 0.3) is 11.8 Å². The first kappa shape index (κ1) is 51.3. The predicted molar refractivity (Wildman–Crippen MR) is 263 cm³/mol. The summed E-state index contributed by atoms with van der Waals surface area (Å²) < 4.78 is 37.9. The Morgan fingerprint density at radius 2 is 1.58 bits per heavy atom. The summed E-state index contributed by atoms with van der Waals surface area (Å²) in [5, 5.41) is 19.4. The number of nitrogens with zero attached hydrogens (tertiary/aromatic N) is 8. The number of alkyl halides is 3. The maximum absolute atomic E-state index is 13.4. The smallest absolute Gasteiger partial charge is 0.487 e. The van der Waals surface area contributed by atoms with Crippen LogP contribution in [0.25, 0.3) is 0 Å². The van der Waals surface area contributed by atoms with Gasteiger partial charge >= 0.3 is 12.1 Å². The number of halogens is 4. The molecule has 5 fully saturated rings. The summed E-state index contributed by atoms with van der Waals surface area (Å²) in [7, 11) is 0. The molecule has 4 saturated heterocycles. The maximum Gasteiger partial charge on any atom is 0.490 e. The summed E-state index contributed by atoms with van der Waals surface area (Å²) in [6.45, 7) is 13.7. The Kier molecular flexibility index (Phi) is 14.6. The average molecular weight is 1020 g/mol. The molecule has 2 unspecified atom stereocenters. The lowest BCUT2D eigenvalue weighted by Crippen LogP contribution is -2.54. The Morgan fingerprint density at radius 3 is 2.25 bits per heavy atom. The number of hydrogen-bond acceptors (Lipinski definition) is 13. The Balaban J connectivity index is 0.000000875. The molecule has 2 N–H and O–H groups in total. The van der Waals surface area contributed by atoms with Crippen LogP contribution < -0.4 is 19.9 Å². The van der Waals surface area contributed by atoms with Crippen LogP contribution in [0.5, 0.6) is 5.75 Å². The Labute approximate surface area is 426 Å². The third-order valence-corrected chi connectivity index (χ3v) is 15.8. The third-order valence-electron chi connectivity index (χ3n) is 15.6. The number of likely N-dealkylation sites (tertiary alicyclic amines) is 1. The normalized spacial score (nSPS) is 21.6. The first-order valence-electron chi connectivity index (χ1n) is 24.7. The number of amides is 4. The van der Waals surface area contributed by atoms with Gasteiger partial charge in [-0.1, -0.05) is 37.6 Å². The lowest BCUT2D eigenvalue weighted by molar-refractivity contribution is -0.192. The van der Waals surface area contributed by atoms with Crippen LogP contribution in [0.1, 0.15) is 102 Å². The molecule has 73 heavy (non-hydrogen) atoms. The number of nitrogens with one attached hydrogen (secondary N) is 1. The number of nitriles is 1. The molecule has 5 aliphatic heterocycles. The topological polar surface area (TPSA) is 193 Å². The number of imide groups is 2. The SMILES string of the molecule is CC(C)(c1ccc(OCc2ccnc(N3CCN(CC4CCN(C5CC6(CCN(c7ccc8c(c7)C(=O)N(C7CCC(=O)NC7=O)C8=O)CC6)C5)C4)CC3)n2)cc1)c1cc(Cl)cc(C#N)c1.O=C(O)C(F)(F)F. The second kappa shape index (κ2) is 20.7. The van der Waals surface area contributed by atoms with Crippen molar-refractivity contribution >= 4 is 52.8 Å². The number of carbonyl (C=O) groups excluding carboxylic acids is 4. The fourth-order valence-electron chi connectivity index (χ4n) is 11.3. The number of rotatable bonds is 11. The highest BCUT2D eigenvalue weighted by molar-refractivity contribution is 6.30. The lowest BCUT2D eigenvalue weighted by Gasteiger charge is -2.55. The van der Waals surface area contributed by atoms with Crippen molar-refractivity contribution in [3.8, 4) is 11.8 Å². The van der Waals surface area contributed by atoms with Gasteiger partial charge in [-0.3, -0.25) is 34.3 Å². The molecule has 4 amide bonds. The maximum atomic E-state index is 13.4. The van der Waals surface area contributed by atoms with E-state index in [0.29, 0.717) is 45.7 Å². The van der Waals surface area contributed by atoms with E-state index in [-0.39, 0.29) is 24.2 Å². The zero-order valence-corrected chi connectivity index (χ0v) is 41.4. The molecule has 0 radical (unpaired) electrons. The molecule has 6 aliphatic rings. The van der Waals surface area contributed by atoms with Gasteiger partial charge in [0.05, 0.1) is 28.5 Å². The second-order valence-corrected chi connectivity index (χ2v) is 21.0. The number of carboxylic acids is 1. The quantitative estimate of drug-likeness (QED) is 0.149. The van der Waals surface area contributed by atoms with Crippen LogP contribution in [0, 0.1) is 22.7 Å². The molecule has 1 aromatic heterocycles. The Hall–Kier alpha value is -6.62. The number of aromatic nitrogens is 2. The standard InChI is InChI=1S/C51H56ClN9O5.C2HF3O2/c1-50(2,36-23-34(29-53)24-37(52)25-36)35-3-6-41(7-4-35)66-32-38-11-15-54-49(55-38)59-21-19-57(20-22-59)30-33-12-16-60(31-33)40-27-51(28-40)13-17-58(18-14-51)39-5-8-42-43(26-39)48(65)61(47(42)64)44-9-10-45(62)56-46(44)63;3-2(4,5)1(6)7/h3-8,11,15,23-26,33,40,44H,9-10,12-14,16-22,27-28,30-32H2,1-2H3,(H,56,62,63);(H,6,7). The number of anilines is 2. The van der Waals surface area contributed by atoms with Gasteiger partial charge < -0.3 is 24.5 Å². The summed E-state index contributed by atoms with van der Waals surface area (Å²) in [6, 6.07) is 22.8. The molecule has 1 aliphatic carbocycles. The number of aliphatic carboxylic acids is 1. The molecule has 4 aromatic rings. The molecule has 3 aromatic carbocycles. The molecule has 1 spiro atoms. The highest BCUT2D eigenvalue weighted by Gasteiger charge is 2.50. The number of hydrogen-bond donors (Lipinski definition) is 2. The fourth-order valence-corrected chi connectivity index (χ4v) is 11.5. The van der Waals surface area contributed by atoms with Crippen molar-refractivity contribution in [2.24, 2.45) is 11.3 Å². The van der Waals surface area contributed by atoms with Gasteiger partial charge in [-0.25, -0.2) is 14.8 Å². The molecule has 6 heterocycles. The molecular weight excluding hydrogens is 967 g/mol. The number of fused-ring (bicyclic) bond motifs is 1. The summed E-state index contributed by atoms with van der Waals surface area (Å²) in [5.74, 6) is -2.46. The van der Waals surface area contributed by atoms with E-state index in [0.717, 1.165) is 97.8 Å². The average Bonchev–Trinajstić information content (AvgIpc) is 3.92. The largest absolute Gasteiger partial charge is 0.490 e. The van der Waals surface area contributed by atoms with Gasteiger partial charge in [-0.15, -0.1) is 0 Å². The zero-order valence-electron chi connectivity index (χ0n) is 40.7. The minimum absolute atomic E-state index is 0.105. The van der Waals surface area contributed by atoms with Gasteiger partial charge in [0.2, 0.25) is 17.8 Å². The van der Waals surface area contributed by atoms with Gasteiger partial charge in [0, 0.05) is 87.1 Å². The number of benzene rings is 3. The number of piperidine rings is 2. The van der Waals surface area contributed by atoms with Gasteiger partial charge in [0.15, 0.2) is 0 Å². The fraction of sp³-hybridized carbons (Fsp3) is 0.472. The van der Waals surface area contributed by atoms with E-state index in [9.17, 15) is 37.6 Å². The molecule has 20 heteroatoms. The van der Waals surface area contributed by atoms with Crippen LogP contribution in [0.4, 0.5) is 24.8 Å². The van der Waals surface area contributed by atoms with Crippen molar-refractivity contribution in [2.75, 3.05) is 68.7 Å². The monoisotopic (exact) mass is 1020 g/mol. The summed E-state index contributed by atoms with van der Waals surface area (Å²) in [4.78, 5) is 80.2. The second-order valence-electron chi connectivity index (χ2n) is 20.6. The number of piperazine rings is 1. The minimum atomic E-state index is -5.08. The summed E-state index contributed by atoms with van der Waals surface area (Å²) >= 11 is 6.32. The van der Waals surface area contributed by atoms with Crippen molar-refractivity contribution in [1.29, 1.82) is 5.26 Å². The van der Waals surface area contributed by atoms with E-state index in [2.05, 4.69) is 61.9 Å². The van der Waals surface area contributed by atoms with E-state index < -0.39 is 35.9 Å². The van der Waals surface area contributed by atoms with Gasteiger partial charge in [-0.2, -0.15) is 18.4 Å². The molecule has 10 rings (SSSR count). The van der Waals surface area contributed by atoms with Crippen molar-refractivity contribution in [3.63, 3.8) is 0 Å². The van der Waals surface area contributed by atoms with Gasteiger partial charge in [-0.05, 0) is 122 Å². The first-order valence-corrected chi connectivity index (χ1v) is 25.1. The Bertz CT molecular complexity index is 2820. The molecule has 1 saturated carbocycles. The van der Waals surface area contributed by atoms with Crippen LogP contribution in [-0.2, 0) is 26.4 Å². The predicted octanol–water partition coefficient (Wildman–Crippen LogP) is 6.83. The molecular formula is C53H57ClF3N9O7. The summed E-state index contributed by atoms with van der Waals surface area (Å²) in [6.07, 6.45) is 2.96. The van der Waals surface area contributed by atoms with Crippen LogP contribution in [0.2, 0.25) is 5.02 Å².